The van der Waals surface area contributed by atoms with Crippen molar-refractivity contribution in [1.29, 1.82) is 0 Å². The van der Waals surface area contributed by atoms with Gasteiger partial charge in [0, 0.05) is 43.0 Å². The molecule has 3 aromatic rings. The number of hydrogen-bond acceptors (Lipinski definition) is 7. The number of nitrogens with zero attached hydrogens (tertiary/aromatic N) is 4. The number of nitrogens with one attached hydrogen (secondary N) is 1. The van der Waals surface area contributed by atoms with Gasteiger partial charge in [0.25, 0.3) is 5.91 Å². The summed E-state index contributed by atoms with van der Waals surface area (Å²) in [4.78, 5) is 28.0. The van der Waals surface area contributed by atoms with Crippen LogP contribution in [-0.2, 0) is 11.2 Å². The second-order valence-corrected chi connectivity index (χ2v) is 7.23. The van der Waals surface area contributed by atoms with Crippen LogP contribution in [-0.4, -0.2) is 53.8 Å². The Balaban J connectivity index is 0.00000149. The van der Waals surface area contributed by atoms with E-state index >= 15 is 0 Å². The lowest BCUT2D eigenvalue weighted by Gasteiger charge is -2.28. The molecule has 0 radical (unpaired) electrons. The quantitative estimate of drug-likeness (QED) is 0.585. The lowest BCUT2D eigenvalue weighted by molar-refractivity contribution is 0.102. The molecule has 0 saturated carbocycles. The van der Waals surface area contributed by atoms with Crippen LogP contribution in [0.25, 0.3) is 0 Å². The minimum Gasteiger partial charge on any atom is -0.477 e. The standard InChI is InChI=1S/C23H25N5O3.C2H6/c1-17-5-4-6-18(15-17)22(29)27-23-25-20(28-10-13-30-14-11-28)16-21(26-23)31-12-8-19-7-2-3-9-24-19;1-2/h2-7,9,15-16H,8,10-14H2,1H3,(H,25,26,27,29);1-2H3. The highest BCUT2D eigenvalue weighted by atomic mass is 16.5. The third kappa shape index (κ3) is 7.25. The predicted octanol–water partition coefficient (Wildman–Crippen LogP) is 3.92. The molecule has 0 aliphatic carbocycles. The first-order valence-electron chi connectivity index (χ1n) is 11.3. The monoisotopic (exact) mass is 449 g/mol. The van der Waals surface area contributed by atoms with E-state index in [1.807, 2.05) is 57.2 Å². The Morgan fingerprint density at radius 1 is 1.09 bits per heavy atom. The average molecular weight is 450 g/mol. The second kappa shape index (κ2) is 12.5. The largest absolute Gasteiger partial charge is 0.477 e. The van der Waals surface area contributed by atoms with Crippen LogP contribution >= 0.6 is 0 Å². The Hall–Kier alpha value is -3.52. The summed E-state index contributed by atoms with van der Waals surface area (Å²) in [5.41, 5.74) is 2.50. The number of rotatable bonds is 7. The summed E-state index contributed by atoms with van der Waals surface area (Å²) in [5, 5.41) is 2.80. The molecule has 2 aromatic heterocycles. The van der Waals surface area contributed by atoms with Crippen molar-refractivity contribution in [3.05, 3.63) is 71.5 Å². The number of benzene rings is 1. The molecule has 1 N–H and O–H groups in total. The highest BCUT2D eigenvalue weighted by Gasteiger charge is 2.17. The zero-order chi connectivity index (χ0) is 23.5. The number of carbonyl (C=O) groups is 1. The van der Waals surface area contributed by atoms with Gasteiger partial charge in [-0.25, -0.2) is 0 Å². The van der Waals surface area contributed by atoms with Crippen molar-refractivity contribution in [3.63, 3.8) is 0 Å². The van der Waals surface area contributed by atoms with Crippen LogP contribution < -0.4 is 15.0 Å². The first-order chi connectivity index (χ1) is 16.2. The summed E-state index contributed by atoms with van der Waals surface area (Å²) in [5.74, 6) is 1.06. The molecular weight excluding hydrogens is 418 g/mol. The smallest absolute Gasteiger partial charge is 0.258 e. The van der Waals surface area contributed by atoms with E-state index in [0.29, 0.717) is 43.5 Å². The lowest BCUT2D eigenvalue weighted by atomic mass is 10.1. The molecule has 33 heavy (non-hydrogen) atoms. The summed E-state index contributed by atoms with van der Waals surface area (Å²) in [6.07, 6.45) is 2.41. The average Bonchev–Trinajstić information content (AvgIpc) is 2.86. The number of anilines is 2. The second-order valence-electron chi connectivity index (χ2n) is 7.23. The Kier molecular flexibility index (Phi) is 9.14. The summed E-state index contributed by atoms with van der Waals surface area (Å²) in [6.45, 7) is 9.06. The molecule has 8 heteroatoms. The topological polar surface area (TPSA) is 89.5 Å². The minimum absolute atomic E-state index is 0.211. The van der Waals surface area contributed by atoms with Crippen molar-refractivity contribution in [2.75, 3.05) is 43.1 Å². The van der Waals surface area contributed by atoms with Crippen molar-refractivity contribution in [1.82, 2.24) is 15.0 Å². The van der Waals surface area contributed by atoms with E-state index in [1.165, 1.54) is 0 Å². The molecule has 0 spiro atoms. The summed E-state index contributed by atoms with van der Waals surface area (Å²) in [6, 6.07) is 15.0. The fraction of sp³-hybridized carbons (Fsp3) is 0.360. The van der Waals surface area contributed by atoms with Crippen LogP contribution in [0, 0.1) is 6.92 Å². The number of ether oxygens (including phenoxy) is 2. The van der Waals surface area contributed by atoms with Gasteiger partial charge < -0.3 is 14.4 Å². The normalized spacial score (nSPS) is 13.0. The number of morpholine rings is 1. The summed E-state index contributed by atoms with van der Waals surface area (Å²) in [7, 11) is 0. The van der Waals surface area contributed by atoms with E-state index in [9.17, 15) is 4.79 Å². The first kappa shape index (κ1) is 24.1. The predicted molar refractivity (Wildman–Crippen MR) is 129 cm³/mol. The third-order valence-corrected chi connectivity index (χ3v) is 4.86. The molecule has 8 nitrogen and oxygen atoms in total. The van der Waals surface area contributed by atoms with E-state index in [-0.39, 0.29) is 11.9 Å². The number of aryl methyl sites for hydroxylation is 1. The van der Waals surface area contributed by atoms with Gasteiger partial charge in [0.15, 0.2) is 0 Å². The summed E-state index contributed by atoms with van der Waals surface area (Å²) >= 11 is 0. The van der Waals surface area contributed by atoms with Crippen molar-refractivity contribution in [3.8, 4) is 5.88 Å². The maximum atomic E-state index is 12.7. The molecule has 174 valence electrons. The Labute approximate surface area is 195 Å². The number of amides is 1. The molecule has 1 aromatic carbocycles. The first-order valence-corrected chi connectivity index (χ1v) is 11.3. The van der Waals surface area contributed by atoms with Crippen molar-refractivity contribution in [2.45, 2.75) is 27.2 Å². The van der Waals surface area contributed by atoms with E-state index in [0.717, 1.165) is 24.3 Å². The van der Waals surface area contributed by atoms with Gasteiger partial charge in [-0.3, -0.25) is 15.1 Å². The number of hydrogen-bond donors (Lipinski definition) is 1. The van der Waals surface area contributed by atoms with Crippen LogP contribution in [0.3, 0.4) is 0 Å². The Bertz CT molecular complexity index is 1020. The van der Waals surface area contributed by atoms with Crippen molar-refractivity contribution in [2.24, 2.45) is 0 Å². The van der Waals surface area contributed by atoms with Gasteiger partial charge in [0.2, 0.25) is 11.8 Å². The van der Waals surface area contributed by atoms with Crippen LogP contribution in [0.1, 0.15) is 35.5 Å². The molecule has 0 bridgehead atoms. The molecule has 1 fully saturated rings. The highest BCUT2D eigenvalue weighted by Crippen LogP contribution is 2.21. The fourth-order valence-corrected chi connectivity index (χ4v) is 3.26. The van der Waals surface area contributed by atoms with Gasteiger partial charge in [0.05, 0.1) is 19.8 Å². The maximum absolute atomic E-state index is 12.7. The van der Waals surface area contributed by atoms with Crippen molar-refractivity contribution < 1.29 is 14.3 Å². The third-order valence-electron chi connectivity index (χ3n) is 4.86. The molecular formula is C25H31N5O3. The molecule has 3 heterocycles. The van der Waals surface area contributed by atoms with Crippen LogP contribution in [0.5, 0.6) is 5.88 Å². The van der Waals surface area contributed by atoms with Crippen LogP contribution in [0.2, 0.25) is 0 Å². The molecule has 0 unspecified atom stereocenters. The molecule has 0 atom stereocenters. The fourth-order valence-electron chi connectivity index (χ4n) is 3.26. The SMILES string of the molecule is CC.Cc1cccc(C(=O)Nc2nc(OCCc3ccccn3)cc(N3CCOCC3)n2)c1. The van der Waals surface area contributed by atoms with E-state index in [4.69, 9.17) is 9.47 Å². The maximum Gasteiger partial charge on any atom is 0.258 e. The van der Waals surface area contributed by atoms with Crippen LogP contribution in [0.15, 0.2) is 54.7 Å². The van der Waals surface area contributed by atoms with Crippen LogP contribution in [0.4, 0.5) is 11.8 Å². The Morgan fingerprint density at radius 2 is 1.91 bits per heavy atom. The molecule has 1 amide bonds. The highest BCUT2D eigenvalue weighted by molar-refractivity contribution is 6.03. The van der Waals surface area contributed by atoms with Crippen molar-refractivity contribution >= 4 is 17.7 Å². The molecule has 4 rings (SSSR count). The lowest BCUT2D eigenvalue weighted by Crippen LogP contribution is -2.37. The van der Waals surface area contributed by atoms with Gasteiger partial charge in [-0.1, -0.05) is 37.6 Å². The van der Waals surface area contributed by atoms with E-state index in [2.05, 4.69) is 25.2 Å². The molecule has 1 saturated heterocycles. The van der Waals surface area contributed by atoms with E-state index < -0.39 is 0 Å². The molecule has 1 aliphatic heterocycles. The number of aromatic nitrogens is 3. The summed E-state index contributed by atoms with van der Waals surface area (Å²) < 4.78 is 11.3. The zero-order valence-corrected chi connectivity index (χ0v) is 19.5. The number of carbonyl (C=O) groups excluding carboxylic acids is 1. The van der Waals surface area contributed by atoms with E-state index in [1.54, 1.807) is 18.3 Å². The van der Waals surface area contributed by atoms with Gasteiger partial charge >= 0.3 is 0 Å². The van der Waals surface area contributed by atoms with Gasteiger partial charge in [-0.15, -0.1) is 0 Å². The van der Waals surface area contributed by atoms with Gasteiger partial charge in [-0.05, 0) is 31.2 Å². The van der Waals surface area contributed by atoms with Gasteiger partial charge in [-0.2, -0.15) is 9.97 Å². The number of pyridine rings is 1. The molecule has 1 aliphatic rings. The Morgan fingerprint density at radius 3 is 2.64 bits per heavy atom. The zero-order valence-electron chi connectivity index (χ0n) is 19.5. The van der Waals surface area contributed by atoms with Gasteiger partial charge in [0.1, 0.15) is 5.82 Å². The minimum atomic E-state index is -0.262.